The van der Waals surface area contributed by atoms with Crippen molar-refractivity contribution in [3.63, 3.8) is 0 Å². The lowest BCUT2D eigenvalue weighted by atomic mass is 9.80. The van der Waals surface area contributed by atoms with E-state index in [1.165, 1.54) is 5.57 Å². The first kappa shape index (κ1) is 31.1. The SMILES string of the molecule is CCC(C)C(=O)N(Cc1ccc(Cl)cc1)[C@H]1CCN(CCC=C2c3cc(C(C)(C)O)ccc3OCC3NCCCC23)C1. The summed E-state index contributed by atoms with van der Waals surface area (Å²) in [5.41, 5.74) is 3.59. The summed E-state index contributed by atoms with van der Waals surface area (Å²) >= 11 is 6.12. The van der Waals surface area contributed by atoms with Gasteiger partial charge < -0.3 is 25.0 Å². The van der Waals surface area contributed by atoms with Crippen LogP contribution in [-0.2, 0) is 16.9 Å². The molecule has 4 atom stereocenters. The first-order valence-electron chi connectivity index (χ1n) is 15.8. The van der Waals surface area contributed by atoms with Gasteiger partial charge in [-0.05, 0) is 93.5 Å². The molecule has 2 N–H and O–H groups in total. The van der Waals surface area contributed by atoms with Crippen LogP contribution in [0.15, 0.2) is 48.5 Å². The number of hydrogen-bond acceptors (Lipinski definition) is 5. The fraction of sp³-hybridized carbons (Fsp3) is 0.571. The summed E-state index contributed by atoms with van der Waals surface area (Å²) in [6, 6.07) is 14.5. The maximum absolute atomic E-state index is 13.5. The number of carbonyl (C=O) groups is 1. The number of benzene rings is 2. The van der Waals surface area contributed by atoms with E-state index in [4.69, 9.17) is 16.3 Å². The maximum atomic E-state index is 13.5. The Morgan fingerprint density at radius 3 is 2.76 bits per heavy atom. The Bertz CT molecular complexity index is 1260. The van der Waals surface area contributed by atoms with Crippen LogP contribution in [0.2, 0.25) is 5.02 Å². The number of hydrogen-bond donors (Lipinski definition) is 2. The summed E-state index contributed by atoms with van der Waals surface area (Å²) in [6.45, 7) is 13.0. The second-order valence-electron chi connectivity index (χ2n) is 13.0. The molecule has 6 nitrogen and oxygen atoms in total. The van der Waals surface area contributed by atoms with E-state index in [2.05, 4.69) is 34.2 Å². The molecule has 2 fully saturated rings. The lowest BCUT2D eigenvalue weighted by Gasteiger charge is -2.32. The van der Waals surface area contributed by atoms with Gasteiger partial charge in [0.05, 0.1) is 5.60 Å². The summed E-state index contributed by atoms with van der Waals surface area (Å²) in [6.07, 6.45) is 7.50. The van der Waals surface area contributed by atoms with Crippen molar-refractivity contribution in [3.8, 4) is 5.75 Å². The van der Waals surface area contributed by atoms with Gasteiger partial charge in [-0.1, -0.05) is 49.7 Å². The number of likely N-dealkylation sites (tertiary alicyclic amines) is 1. The Morgan fingerprint density at radius 1 is 1.24 bits per heavy atom. The van der Waals surface area contributed by atoms with Gasteiger partial charge in [-0.25, -0.2) is 0 Å². The van der Waals surface area contributed by atoms with E-state index in [1.54, 1.807) is 0 Å². The molecule has 3 aliphatic rings. The molecule has 0 spiro atoms. The fourth-order valence-corrected chi connectivity index (χ4v) is 6.83. The van der Waals surface area contributed by atoms with E-state index in [0.29, 0.717) is 30.1 Å². The Labute approximate surface area is 257 Å². The number of aliphatic hydroxyl groups is 1. The molecular weight excluding hydrogens is 546 g/mol. The van der Waals surface area contributed by atoms with Gasteiger partial charge in [0.1, 0.15) is 12.4 Å². The van der Waals surface area contributed by atoms with Crippen LogP contribution in [0.1, 0.15) is 76.5 Å². The summed E-state index contributed by atoms with van der Waals surface area (Å²) in [5, 5.41) is 15.2. The number of piperidine rings is 1. The molecule has 0 aliphatic carbocycles. The number of fused-ring (bicyclic) bond motifs is 2. The highest BCUT2D eigenvalue weighted by atomic mass is 35.5. The second-order valence-corrected chi connectivity index (χ2v) is 13.4. The van der Waals surface area contributed by atoms with Gasteiger partial charge in [-0.15, -0.1) is 0 Å². The summed E-state index contributed by atoms with van der Waals surface area (Å²) in [7, 11) is 0. The van der Waals surface area contributed by atoms with Crippen LogP contribution >= 0.6 is 11.6 Å². The maximum Gasteiger partial charge on any atom is 0.225 e. The van der Waals surface area contributed by atoms with E-state index in [9.17, 15) is 9.90 Å². The molecule has 0 saturated carbocycles. The molecular formula is C35H48ClN3O3. The average Bonchev–Trinajstić information content (AvgIpc) is 3.39. The number of amides is 1. The van der Waals surface area contributed by atoms with E-state index in [-0.39, 0.29) is 17.9 Å². The quantitative estimate of drug-likeness (QED) is 0.360. The molecule has 0 radical (unpaired) electrons. The number of carbonyl (C=O) groups excluding carboxylic acids is 1. The van der Waals surface area contributed by atoms with Gasteiger partial charge in [-0.3, -0.25) is 4.79 Å². The molecule has 3 aliphatic heterocycles. The minimum absolute atomic E-state index is 0.0134. The Morgan fingerprint density at radius 2 is 2.02 bits per heavy atom. The molecule has 7 heteroatoms. The molecule has 0 aromatic heterocycles. The molecule has 2 aromatic carbocycles. The predicted molar refractivity (Wildman–Crippen MR) is 171 cm³/mol. The van der Waals surface area contributed by atoms with Crippen LogP contribution in [0.3, 0.4) is 0 Å². The predicted octanol–water partition coefficient (Wildman–Crippen LogP) is 6.25. The third-order valence-electron chi connectivity index (χ3n) is 9.48. The molecule has 2 aromatic rings. The summed E-state index contributed by atoms with van der Waals surface area (Å²) < 4.78 is 6.30. The highest BCUT2D eigenvalue weighted by molar-refractivity contribution is 6.30. The van der Waals surface area contributed by atoms with Gasteiger partial charge in [-0.2, -0.15) is 0 Å². The molecule has 2 saturated heterocycles. The minimum atomic E-state index is -0.911. The zero-order valence-corrected chi connectivity index (χ0v) is 26.5. The van der Waals surface area contributed by atoms with Crippen LogP contribution in [0, 0.1) is 11.8 Å². The van der Waals surface area contributed by atoms with E-state index in [1.807, 2.05) is 57.2 Å². The first-order chi connectivity index (χ1) is 20.1. The highest BCUT2D eigenvalue weighted by Crippen LogP contribution is 2.41. The Kier molecular flexibility index (Phi) is 9.99. The molecule has 0 bridgehead atoms. The van der Waals surface area contributed by atoms with Crippen molar-refractivity contribution >= 4 is 23.1 Å². The van der Waals surface area contributed by atoms with Gasteiger partial charge in [0.15, 0.2) is 0 Å². The van der Waals surface area contributed by atoms with Crippen molar-refractivity contribution in [2.24, 2.45) is 11.8 Å². The topological polar surface area (TPSA) is 65.0 Å². The van der Waals surface area contributed by atoms with Crippen LogP contribution in [0.4, 0.5) is 0 Å². The molecule has 3 heterocycles. The van der Waals surface area contributed by atoms with Crippen molar-refractivity contribution in [1.82, 2.24) is 15.1 Å². The van der Waals surface area contributed by atoms with Crippen molar-refractivity contribution in [2.45, 2.75) is 84.0 Å². The lowest BCUT2D eigenvalue weighted by molar-refractivity contribution is -0.138. The zero-order chi connectivity index (χ0) is 29.9. The Balaban J connectivity index is 1.31. The zero-order valence-electron chi connectivity index (χ0n) is 25.7. The van der Waals surface area contributed by atoms with Crippen LogP contribution in [-0.4, -0.2) is 65.7 Å². The van der Waals surface area contributed by atoms with Gasteiger partial charge >= 0.3 is 0 Å². The van der Waals surface area contributed by atoms with Crippen LogP contribution in [0.25, 0.3) is 5.57 Å². The van der Waals surface area contributed by atoms with E-state index in [0.717, 1.165) is 80.7 Å². The standard InChI is InChI=1S/C35H48ClN3O3/c1-5-24(2)34(40)39(21-25-10-13-27(36)14-11-25)28-16-19-38(22-28)18-7-9-29-30-8-6-17-37-32(30)23-42-33-15-12-26(20-31(29)33)35(3,4)41/h9-15,20,24,28,30,32,37,41H,5-8,16-19,21-23H2,1-4H3/t24?,28-,30?,32?/m0/s1. The number of rotatable bonds is 9. The van der Waals surface area contributed by atoms with Crippen molar-refractivity contribution < 1.29 is 14.6 Å². The number of halogens is 1. The normalized spacial score (nSPS) is 24.4. The number of nitrogens with one attached hydrogen (secondary N) is 1. The number of nitrogens with zero attached hydrogens (tertiary/aromatic N) is 2. The second kappa shape index (κ2) is 13.5. The lowest BCUT2D eigenvalue weighted by Crippen LogP contribution is -2.44. The third-order valence-corrected chi connectivity index (χ3v) is 9.73. The van der Waals surface area contributed by atoms with Crippen molar-refractivity contribution in [3.05, 3.63) is 70.3 Å². The van der Waals surface area contributed by atoms with Crippen LogP contribution < -0.4 is 10.1 Å². The highest BCUT2D eigenvalue weighted by Gasteiger charge is 2.35. The minimum Gasteiger partial charge on any atom is -0.491 e. The molecule has 3 unspecified atom stereocenters. The largest absolute Gasteiger partial charge is 0.491 e. The van der Waals surface area contributed by atoms with Gasteiger partial charge in [0, 0.05) is 60.7 Å². The smallest absolute Gasteiger partial charge is 0.225 e. The average molecular weight is 594 g/mol. The van der Waals surface area contributed by atoms with Crippen molar-refractivity contribution in [1.29, 1.82) is 0 Å². The summed E-state index contributed by atoms with van der Waals surface area (Å²) in [5.74, 6) is 1.56. The van der Waals surface area contributed by atoms with Gasteiger partial charge in [0.25, 0.3) is 0 Å². The first-order valence-corrected chi connectivity index (χ1v) is 16.2. The molecule has 42 heavy (non-hydrogen) atoms. The van der Waals surface area contributed by atoms with E-state index < -0.39 is 5.60 Å². The summed E-state index contributed by atoms with van der Waals surface area (Å²) in [4.78, 5) is 18.1. The van der Waals surface area contributed by atoms with E-state index >= 15 is 0 Å². The monoisotopic (exact) mass is 593 g/mol. The molecule has 5 rings (SSSR count). The third kappa shape index (κ3) is 7.21. The number of ether oxygens (including phenoxy) is 1. The Hall–Kier alpha value is -2.38. The van der Waals surface area contributed by atoms with Gasteiger partial charge in [0.2, 0.25) is 5.91 Å². The molecule has 1 amide bonds. The molecule has 228 valence electrons. The van der Waals surface area contributed by atoms with Crippen LogP contribution in [0.5, 0.6) is 5.75 Å². The van der Waals surface area contributed by atoms with Crippen molar-refractivity contribution in [2.75, 3.05) is 32.8 Å². The fourth-order valence-electron chi connectivity index (χ4n) is 6.71.